The maximum atomic E-state index is 15.0. The third-order valence-corrected chi connectivity index (χ3v) is 5.47. The average molecular weight is 435 g/mol. The number of hydrogen-bond acceptors (Lipinski definition) is 0. The predicted molar refractivity (Wildman–Crippen MR) is 121 cm³/mol. The fourth-order valence-corrected chi connectivity index (χ4v) is 3.60. The maximum Gasteiger partial charge on any atom is 0.146 e. The van der Waals surface area contributed by atoms with Crippen LogP contribution in [0, 0.1) is 29.3 Å². The molecule has 4 rings (SSSR count). The van der Waals surface area contributed by atoms with E-state index in [1.807, 2.05) is 12.1 Å². The highest BCUT2D eigenvalue weighted by molar-refractivity contribution is 6.30. The van der Waals surface area contributed by atoms with Crippen LogP contribution in [0.2, 0.25) is 5.02 Å². The fourth-order valence-electron chi connectivity index (χ4n) is 3.49. The summed E-state index contributed by atoms with van der Waals surface area (Å²) in [5.74, 6) is 2.98. The van der Waals surface area contributed by atoms with E-state index in [0.717, 1.165) is 41.5 Å². The van der Waals surface area contributed by atoms with Gasteiger partial charge < -0.3 is 0 Å². The first-order valence-electron chi connectivity index (χ1n) is 9.94. The molecule has 0 fully saturated rings. The van der Waals surface area contributed by atoms with Crippen molar-refractivity contribution in [1.29, 1.82) is 0 Å². The molecule has 0 N–H and O–H groups in total. The Kier molecular flexibility index (Phi) is 6.02. The van der Waals surface area contributed by atoms with Gasteiger partial charge in [0.1, 0.15) is 22.5 Å². The molecule has 31 heavy (non-hydrogen) atoms. The van der Waals surface area contributed by atoms with Gasteiger partial charge in [0.15, 0.2) is 0 Å². The predicted octanol–water partition coefficient (Wildman–Crippen LogP) is 7.93. The molecule has 0 aliphatic rings. The van der Waals surface area contributed by atoms with Crippen molar-refractivity contribution in [3.8, 4) is 23.0 Å². The summed E-state index contributed by atoms with van der Waals surface area (Å²) in [4.78, 5) is 0. The van der Waals surface area contributed by atoms with Gasteiger partial charge >= 0.3 is 0 Å². The van der Waals surface area contributed by atoms with Crippen LogP contribution in [-0.2, 0) is 6.42 Å². The van der Waals surface area contributed by atoms with Crippen LogP contribution in [0.5, 0.6) is 0 Å². The Morgan fingerprint density at radius 1 is 0.774 bits per heavy atom. The van der Waals surface area contributed by atoms with Crippen molar-refractivity contribution >= 4 is 22.4 Å². The topological polar surface area (TPSA) is 0 Å². The second-order valence-electron chi connectivity index (χ2n) is 7.31. The highest BCUT2D eigenvalue weighted by Gasteiger charge is 2.09. The number of halogens is 4. The van der Waals surface area contributed by atoms with Crippen molar-refractivity contribution in [3.05, 3.63) is 106 Å². The normalized spacial score (nSPS) is 10.7. The average Bonchev–Trinajstić information content (AvgIpc) is 2.77. The number of rotatable bonds is 3. The number of fused-ring (bicyclic) bond motifs is 1. The van der Waals surface area contributed by atoms with Gasteiger partial charge in [0, 0.05) is 10.9 Å². The van der Waals surface area contributed by atoms with Gasteiger partial charge in [0.2, 0.25) is 0 Å². The summed E-state index contributed by atoms with van der Waals surface area (Å²) in [5.41, 5.74) is 3.60. The third kappa shape index (κ3) is 4.45. The quantitative estimate of drug-likeness (QED) is 0.227. The molecular formula is C27H18ClF3. The van der Waals surface area contributed by atoms with E-state index in [1.54, 1.807) is 18.2 Å². The molecule has 0 spiro atoms. The zero-order chi connectivity index (χ0) is 22.0. The molecule has 0 aromatic heterocycles. The van der Waals surface area contributed by atoms with E-state index in [4.69, 9.17) is 11.6 Å². The molecule has 0 saturated carbocycles. The van der Waals surface area contributed by atoms with Crippen LogP contribution in [0.4, 0.5) is 13.2 Å². The van der Waals surface area contributed by atoms with Crippen molar-refractivity contribution in [1.82, 2.24) is 0 Å². The van der Waals surface area contributed by atoms with Crippen LogP contribution in [0.25, 0.3) is 21.9 Å². The summed E-state index contributed by atoms with van der Waals surface area (Å²) in [6.07, 6.45) is 2.14. The summed E-state index contributed by atoms with van der Waals surface area (Å²) in [6.45, 7) is 2.15. The highest BCUT2D eigenvalue weighted by Crippen LogP contribution is 2.28. The van der Waals surface area contributed by atoms with Crippen LogP contribution < -0.4 is 0 Å². The minimum absolute atomic E-state index is 0.0840. The van der Waals surface area contributed by atoms with E-state index < -0.39 is 22.5 Å². The lowest BCUT2D eigenvalue weighted by Crippen LogP contribution is -1.89. The zero-order valence-electron chi connectivity index (χ0n) is 16.8. The molecule has 0 aliphatic carbocycles. The molecular weight excluding hydrogens is 417 g/mol. The Hall–Kier alpha value is -3.22. The molecule has 0 nitrogen and oxygen atoms in total. The van der Waals surface area contributed by atoms with Crippen LogP contribution in [0.15, 0.2) is 66.7 Å². The SMILES string of the molecule is CCCc1ccc(-c2ccc3c(F)c(C#Cc4cc(F)c(Cl)c(F)c4)ccc3c2)cc1. The monoisotopic (exact) mass is 434 g/mol. The van der Waals surface area contributed by atoms with Crippen LogP contribution >= 0.6 is 11.6 Å². The zero-order valence-corrected chi connectivity index (χ0v) is 17.5. The van der Waals surface area contributed by atoms with Gasteiger partial charge in [-0.2, -0.15) is 0 Å². The molecule has 0 unspecified atom stereocenters. The minimum Gasteiger partial charge on any atom is -0.205 e. The van der Waals surface area contributed by atoms with Crippen LogP contribution in [0.1, 0.15) is 30.0 Å². The smallest absolute Gasteiger partial charge is 0.146 e. The van der Waals surface area contributed by atoms with E-state index in [2.05, 4.69) is 43.0 Å². The van der Waals surface area contributed by atoms with Gasteiger partial charge in [-0.3, -0.25) is 0 Å². The summed E-state index contributed by atoms with van der Waals surface area (Å²) in [6, 6.07) is 19.3. The second-order valence-corrected chi connectivity index (χ2v) is 7.69. The van der Waals surface area contributed by atoms with Gasteiger partial charge in [0.05, 0.1) is 5.56 Å². The van der Waals surface area contributed by atoms with E-state index in [1.165, 1.54) is 5.56 Å². The Bertz CT molecular complexity index is 1310. The van der Waals surface area contributed by atoms with Crippen molar-refractivity contribution in [2.45, 2.75) is 19.8 Å². The van der Waals surface area contributed by atoms with Gasteiger partial charge in [0.25, 0.3) is 0 Å². The summed E-state index contributed by atoms with van der Waals surface area (Å²) < 4.78 is 42.2. The Morgan fingerprint density at radius 2 is 1.45 bits per heavy atom. The summed E-state index contributed by atoms with van der Waals surface area (Å²) in [5, 5.41) is 0.603. The lowest BCUT2D eigenvalue weighted by Gasteiger charge is -2.07. The van der Waals surface area contributed by atoms with E-state index >= 15 is 0 Å². The first kappa shape index (κ1) is 21.0. The molecule has 0 bridgehead atoms. The lowest BCUT2D eigenvalue weighted by atomic mass is 9.98. The third-order valence-electron chi connectivity index (χ3n) is 5.11. The lowest BCUT2D eigenvalue weighted by molar-refractivity contribution is 0.583. The van der Waals surface area contributed by atoms with Gasteiger partial charge in [-0.15, -0.1) is 0 Å². The molecule has 4 heteroatoms. The Labute approximate surface area is 184 Å². The molecule has 4 aromatic carbocycles. The van der Waals surface area contributed by atoms with Crippen LogP contribution in [-0.4, -0.2) is 0 Å². The number of benzene rings is 4. The summed E-state index contributed by atoms with van der Waals surface area (Å²) in [7, 11) is 0. The van der Waals surface area contributed by atoms with Gasteiger partial charge in [-0.25, -0.2) is 13.2 Å². The number of aryl methyl sites for hydroxylation is 1. The molecule has 0 amide bonds. The first-order chi connectivity index (χ1) is 15.0. The summed E-state index contributed by atoms with van der Waals surface area (Å²) >= 11 is 5.48. The van der Waals surface area contributed by atoms with Crippen molar-refractivity contribution in [2.24, 2.45) is 0 Å². The largest absolute Gasteiger partial charge is 0.205 e. The van der Waals surface area contributed by atoms with Gasteiger partial charge in [-0.1, -0.05) is 79.3 Å². The van der Waals surface area contributed by atoms with Crippen molar-refractivity contribution < 1.29 is 13.2 Å². The molecule has 4 aromatic rings. The molecule has 0 atom stereocenters. The fraction of sp³-hybridized carbons (Fsp3) is 0.111. The molecule has 0 aliphatic heterocycles. The van der Waals surface area contributed by atoms with Crippen molar-refractivity contribution in [2.75, 3.05) is 0 Å². The van der Waals surface area contributed by atoms with Crippen molar-refractivity contribution in [3.63, 3.8) is 0 Å². The minimum atomic E-state index is -0.903. The highest BCUT2D eigenvalue weighted by atomic mass is 35.5. The maximum absolute atomic E-state index is 15.0. The number of hydrogen-bond donors (Lipinski definition) is 0. The van der Waals surface area contributed by atoms with E-state index in [9.17, 15) is 13.2 Å². The first-order valence-corrected chi connectivity index (χ1v) is 10.3. The molecule has 0 saturated heterocycles. The molecule has 0 radical (unpaired) electrons. The van der Waals surface area contributed by atoms with E-state index in [0.29, 0.717) is 5.39 Å². The molecule has 0 heterocycles. The van der Waals surface area contributed by atoms with Gasteiger partial charge in [-0.05, 0) is 52.8 Å². The Balaban J connectivity index is 1.67. The van der Waals surface area contributed by atoms with E-state index in [-0.39, 0.29) is 11.1 Å². The second kappa shape index (κ2) is 8.88. The Morgan fingerprint density at radius 3 is 2.13 bits per heavy atom. The van der Waals surface area contributed by atoms with Crippen LogP contribution in [0.3, 0.4) is 0 Å². The molecule has 154 valence electrons. The standard InChI is InChI=1S/C27H18ClF3/c1-2-3-17-4-7-19(8-5-17)21-12-13-23-22(16-21)11-10-20(27(23)31)9-6-18-14-24(29)26(28)25(30)15-18/h4-5,7-8,10-16H,2-3H2,1H3.